The van der Waals surface area contributed by atoms with Crippen LogP contribution in [0, 0.1) is 5.41 Å². The number of nitrogens with zero attached hydrogens (tertiary/aromatic N) is 3. The maximum absolute atomic E-state index is 12.6. The van der Waals surface area contributed by atoms with Crippen LogP contribution in [-0.2, 0) is 23.9 Å². The molecule has 0 aromatic carbocycles. The van der Waals surface area contributed by atoms with E-state index in [0.29, 0.717) is 25.9 Å². The highest BCUT2D eigenvalue weighted by Gasteiger charge is 2.64. The average Bonchev–Trinajstić information content (AvgIpc) is 3.23. The van der Waals surface area contributed by atoms with Gasteiger partial charge in [-0.2, -0.15) is 4.79 Å². The molecule has 1 heterocycles. The van der Waals surface area contributed by atoms with Crippen LogP contribution in [0.3, 0.4) is 0 Å². The number of amides is 2. The van der Waals surface area contributed by atoms with Crippen LogP contribution in [0.5, 0.6) is 0 Å². The number of carbonyl (C=O) groups excluding carboxylic acids is 3. The molecule has 2 atom stereocenters. The van der Waals surface area contributed by atoms with Crippen molar-refractivity contribution in [1.82, 2.24) is 4.90 Å². The Morgan fingerprint density at radius 2 is 2.30 bits per heavy atom. The van der Waals surface area contributed by atoms with E-state index in [9.17, 15) is 14.4 Å². The molecule has 1 saturated carbocycles. The number of carbonyl (C=O) groups is 3. The second-order valence-corrected chi connectivity index (χ2v) is 5.51. The zero-order valence-corrected chi connectivity index (χ0v) is 13.0. The SMILES string of the molecule is C=CCOC1CC12CCCN(C(=O)C(=[N+]=[N-])C(=O)OCC)C2=O. The molecule has 0 aromatic heterocycles. The third-order valence-corrected chi connectivity index (χ3v) is 4.11. The van der Waals surface area contributed by atoms with Crippen molar-refractivity contribution < 1.29 is 28.6 Å². The molecule has 2 amide bonds. The molecule has 1 saturated heterocycles. The summed E-state index contributed by atoms with van der Waals surface area (Å²) in [6, 6.07) is 0. The number of esters is 1. The van der Waals surface area contributed by atoms with Crippen LogP contribution in [0.15, 0.2) is 12.7 Å². The standard InChI is InChI=1S/C15H19N3O5/c1-3-8-23-10-9-15(10)6-5-7-18(14(15)21)12(19)11(17-16)13(20)22-4-2/h3,10H,1,4-9H2,2H3. The second-order valence-electron chi connectivity index (χ2n) is 5.51. The Labute approximate surface area is 133 Å². The van der Waals surface area contributed by atoms with E-state index >= 15 is 0 Å². The molecule has 8 heteroatoms. The summed E-state index contributed by atoms with van der Waals surface area (Å²) in [6.07, 6.45) is 3.12. The Morgan fingerprint density at radius 3 is 2.91 bits per heavy atom. The van der Waals surface area contributed by atoms with Crippen LogP contribution in [0.2, 0.25) is 0 Å². The molecule has 23 heavy (non-hydrogen) atoms. The number of rotatable bonds is 6. The highest BCUT2D eigenvalue weighted by molar-refractivity contribution is 6.62. The predicted octanol–water partition coefficient (Wildman–Crippen LogP) is 0.331. The van der Waals surface area contributed by atoms with Gasteiger partial charge in [0.2, 0.25) is 5.91 Å². The molecular weight excluding hydrogens is 302 g/mol. The van der Waals surface area contributed by atoms with Crippen LogP contribution in [0.1, 0.15) is 26.2 Å². The second kappa shape index (κ2) is 6.85. The molecule has 0 bridgehead atoms. The monoisotopic (exact) mass is 321 g/mol. The molecule has 2 rings (SSSR count). The van der Waals surface area contributed by atoms with Crippen molar-refractivity contribution in [2.24, 2.45) is 5.41 Å². The number of piperidine rings is 1. The maximum atomic E-state index is 12.6. The van der Waals surface area contributed by atoms with Crippen molar-refractivity contribution in [3.05, 3.63) is 18.2 Å². The van der Waals surface area contributed by atoms with E-state index in [1.807, 2.05) is 0 Å². The zero-order chi connectivity index (χ0) is 17.0. The zero-order valence-electron chi connectivity index (χ0n) is 13.0. The molecule has 2 fully saturated rings. The van der Waals surface area contributed by atoms with Crippen molar-refractivity contribution in [2.75, 3.05) is 19.8 Å². The van der Waals surface area contributed by atoms with Crippen molar-refractivity contribution in [1.29, 1.82) is 0 Å². The third-order valence-electron chi connectivity index (χ3n) is 4.11. The lowest BCUT2D eigenvalue weighted by Gasteiger charge is -2.30. The van der Waals surface area contributed by atoms with Crippen molar-refractivity contribution in [3.8, 4) is 0 Å². The van der Waals surface area contributed by atoms with E-state index in [4.69, 9.17) is 10.3 Å². The van der Waals surface area contributed by atoms with Crippen LogP contribution >= 0.6 is 0 Å². The summed E-state index contributed by atoms with van der Waals surface area (Å²) >= 11 is 0. The van der Waals surface area contributed by atoms with Crippen molar-refractivity contribution in [3.63, 3.8) is 0 Å². The highest BCUT2D eigenvalue weighted by Crippen LogP contribution is 2.55. The fraction of sp³-hybridized carbons (Fsp3) is 0.600. The van der Waals surface area contributed by atoms with E-state index in [1.54, 1.807) is 13.0 Å². The smallest absolute Gasteiger partial charge is 0.457 e. The molecular formula is C15H19N3O5. The van der Waals surface area contributed by atoms with E-state index in [1.165, 1.54) is 0 Å². The van der Waals surface area contributed by atoms with Gasteiger partial charge >= 0.3 is 17.6 Å². The molecule has 0 radical (unpaired) electrons. The normalized spacial score (nSPS) is 25.7. The summed E-state index contributed by atoms with van der Waals surface area (Å²) in [5, 5.41) is 0. The maximum Gasteiger partial charge on any atom is 0.463 e. The highest BCUT2D eigenvalue weighted by atomic mass is 16.5. The minimum atomic E-state index is -1.05. The van der Waals surface area contributed by atoms with Crippen molar-refractivity contribution in [2.45, 2.75) is 32.3 Å². The van der Waals surface area contributed by atoms with Gasteiger partial charge in [-0.25, -0.2) is 4.79 Å². The first kappa shape index (κ1) is 17.1. The summed E-state index contributed by atoms with van der Waals surface area (Å²) in [5.74, 6) is -2.39. The van der Waals surface area contributed by atoms with Gasteiger partial charge in [0.1, 0.15) is 0 Å². The summed E-state index contributed by atoms with van der Waals surface area (Å²) < 4.78 is 10.2. The summed E-state index contributed by atoms with van der Waals surface area (Å²) in [7, 11) is 0. The molecule has 2 unspecified atom stereocenters. The fourth-order valence-corrected chi connectivity index (χ4v) is 2.88. The molecule has 124 valence electrons. The van der Waals surface area contributed by atoms with Crippen molar-refractivity contribution >= 4 is 23.5 Å². The van der Waals surface area contributed by atoms with Crippen LogP contribution < -0.4 is 0 Å². The van der Waals surface area contributed by atoms with E-state index in [-0.39, 0.29) is 19.3 Å². The van der Waals surface area contributed by atoms with Crippen LogP contribution in [-0.4, -0.2) is 59.0 Å². The number of hydrogen-bond acceptors (Lipinski definition) is 5. The Balaban J connectivity index is 2.12. The first-order valence-electron chi connectivity index (χ1n) is 7.49. The topological polar surface area (TPSA) is 109 Å². The van der Waals surface area contributed by atoms with Gasteiger partial charge in [0.05, 0.1) is 24.7 Å². The molecule has 0 N–H and O–H groups in total. The number of imide groups is 1. The summed E-state index contributed by atoms with van der Waals surface area (Å²) in [6.45, 7) is 5.65. The Bertz CT molecular complexity index is 596. The predicted molar refractivity (Wildman–Crippen MR) is 78.2 cm³/mol. The summed E-state index contributed by atoms with van der Waals surface area (Å²) in [5.41, 5.74) is 7.41. The molecule has 1 aliphatic carbocycles. The van der Waals surface area contributed by atoms with Gasteiger partial charge in [-0.05, 0) is 26.2 Å². The molecule has 0 aromatic rings. The third kappa shape index (κ3) is 3.09. The number of ether oxygens (including phenoxy) is 2. The van der Waals surface area contributed by atoms with E-state index in [2.05, 4.69) is 16.1 Å². The van der Waals surface area contributed by atoms with Gasteiger partial charge in [0.15, 0.2) is 0 Å². The molecule has 1 spiro atoms. The van der Waals surface area contributed by atoms with Gasteiger partial charge in [0.25, 0.3) is 0 Å². The lowest BCUT2D eigenvalue weighted by Crippen LogP contribution is -2.51. The minimum absolute atomic E-state index is 0.0283. The molecule has 8 nitrogen and oxygen atoms in total. The largest absolute Gasteiger partial charge is 0.463 e. The Hall–Kier alpha value is -2.31. The van der Waals surface area contributed by atoms with E-state index in [0.717, 1.165) is 4.90 Å². The molecule has 1 aliphatic heterocycles. The van der Waals surface area contributed by atoms with Crippen LogP contribution in [0.4, 0.5) is 0 Å². The van der Waals surface area contributed by atoms with Gasteiger partial charge in [-0.1, -0.05) is 6.08 Å². The van der Waals surface area contributed by atoms with Gasteiger partial charge < -0.3 is 15.0 Å². The van der Waals surface area contributed by atoms with E-state index < -0.39 is 28.9 Å². The van der Waals surface area contributed by atoms with Gasteiger partial charge in [0, 0.05) is 6.54 Å². The molecule has 2 aliphatic rings. The fourth-order valence-electron chi connectivity index (χ4n) is 2.88. The first-order chi connectivity index (χ1) is 11.0. The minimum Gasteiger partial charge on any atom is -0.457 e. The number of likely N-dealkylation sites (tertiary alicyclic amines) is 1. The van der Waals surface area contributed by atoms with Crippen LogP contribution in [0.25, 0.3) is 5.53 Å². The lowest BCUT2D eigenvalue weighted by atomic mass is 9.93. The summed E-state index contributed by atoms with van der Waals surface area (Å²) in [4.78, 5) is 40.3. The quantitative estimate of drug-likeness (QED) is 0.175. The lowest BCUT2D eigenvalue weighted by molar-refractivity contribution is -0.153. The number of hydrogen-bond donors (Lipinski definition) is 0. The average molecular weight is 321 g/mol. The Kier molecular flexibility index (Phi) is 5.08. The first-order valence-corrected chi connectivity index (χ1v) is 7.49. The van der Waals surface area contributed by atoms with Gasteiger partial charge in [-0.15, -0.1) is 6.58 Å². The Morgan fingerprint density at radius 1 is 1.57 bits per heavy atom. The van der Waals surface area contributed by atoms with Gasteiger partial charge in [-0.3, -0.25) is 14.5 Å².